The minimum Gasteiger partial charge on any atom is -0.370 e. The van der Waals surface area contributed by atoms with Crippen molar-refractivity contribution in [2.24, 2.45) is 11.7 Å². The van der Waals surface area contributed by atoms with Gasteiger partial charge in [0.1, 0.15) is 5.69 Å². The third-order valence-electron chi connectivity index (χ3n) is 5.43. The van der Waals surface area contributed by atoms with Crippen LogP contribution < -0.4 is 21.7 Å². The number of H-pyrrole nitrogens is 2. The maximum atomic E-state index is 12.9. The van der Waals surface area contributed by atoms with Crippen molar-refractivity contribution in [1.29, 1.82) is 0 Å². The van der Waals surface area contributed by atoms with Crippen LogP contribution in [0.2, 0.25) is 10.0 Å². The van der Waals surface area contributed by atoms with E-state index in [0.29, 0.717) is 40.3 Å². The van der Waals surface area contributed by atoms with Gasteiger partial charge in [0, 0.05) is 24.3 Å². The van der Waals surface area contributed by atoms with Crippen molar-refractivity contribution in [2.75, 3.05) is 29.9 Å². The first-order valence-corrected chi connectivity index (χ1v) is 10.6. The van der Waals surface area contributed by atoms with Gasteiger partial charge in [-0.05, 0) is 50.4 Å². The van der Waals surface area contributed by atoms with E-state index in [2.05, 4.69) is 29.9 Å². The van der Waals surface area contributed by atoms with Gasteiger partial charge in [-0.15, -0.1) is 0 Å². The highest BCUT2D eigenvalue weighted by Gasteiger charge is 2.24. The molecule has 0 radical (unpaired) electrons. The summed E-state index contributed by atoms with van der Waals surface area (Å²) in [4.78, 5) is 31.9. The number of amides is 1. The summed E-state index contributed by atoms with van der Waals surface area (Å²) in [6.45, 7) is 3.90. The SMILES string of the molecule is Cc1[nH]c(C(=O)Nc2ccc(-c3noc(=O)[nH]3)cc2N2CCCC(CN)C2)c(Cl)c1Cl. The molecule has 1 atom stereocenters. The predicted molar refractivity (Wildman–Crippen MR) is 120 cm³/mol. The Balaban J connectivity index is 1.71. The minimum atomic E-state index is -0.635. The zero-order valence-corrected chi connectivity index (χ0v) is 18.3. The van der Waals surface area contributed by atoms with Gasteiger partial charge < -0.3 is 20.9 Å². The second-order valence-corrected chi connectivity index (χ2v) is 8.33. The van der Waals surface area contributed by atoms with Crippen molar-refractivity contribution >= 4 is 40.5 Å². The fourth-order valence-corrected chi connectivity index (χ4v) is 4.21. The zero-order valence-electron chi connectivity index (χ0n) is 16.8. The highest BCUT2D eigenvalue weighted by atomic mass is 35.5. The molecule has 164 valence electrons. The zero-order chi connectivity index (χ0) is 22.1. The quantitative estimate of drug-likeness (QED) is 0.457. The Labute approximate surface area is 187 Å². The minimum absolute atomic E-state index is 0.177. The van der Waals surface area contributed by atoms with Crippen LogP contribution in [0.15, 0.2) is 27.5 Å². The van der Waals surface area contributed by atoms with Gasteiger partial charge in [0.25, 0.3) is 5.91 Å². The van der Waals surface area contributed by atoms with Crippen LogP contribution in [0.3, 0.4) is 0 Å². The molecule has 1 amide bonds. The molecule has 2 aromatic heterocycles. The van der Waals surface area contributed by atoms with Gasteiger partial charge in [0.2, 0.25) is 0 Å². The van der Waals surface area contributed by atoms with E-state index < -0.39 is 11.7 Å². The van der Waals surface area contributed by atoms with Crippen molar-refractivity contribution in [3.63, 3.8) is 0 Å². The molecule has 9 nitrogen and oxygen atoms in total. The molecule has 3 aromatic rings. The Hall–Kier alpha value is -2.75. The molecule has 0 saturated carbocycles. The van der Waals surface area contributed by atoms with E-state index in [1.165, 1.54) is 0 Å². The third kappa shape index (κ3) is 4.34. The number of benzene rings is 1. The standard InChI is InChI=1S/C20H22Cl2N6O3/c1-10-15(21)16(22)17(24-10)19(29)25-13-5-4-12(18-26-20(30)31-27-18)7-14(13)28-6-2-3-11(8-23)9-28/h4-5,7,11,24H,2-3,6,8-9,23H2,1H3,(H,25,29)(H,26,27,30). The van der Waals surface area contributed by atoms with E-state index >= 15 is 0 Å². The number of aryl methyl sites for hydroxylation is 1. The monoisotopic (exact) mass is 464 g/mol. The van der Waals surface area contributed by atoms with Crippen LogP contribution in [0, 0.1) is 12.8 Å². The molecule has 1 aliphatic rings. The van der Waals surface area contributed by atoms with Gasteiger partial charge in [-0.25, -0.2) is 4.79 Å². The summed E-state index contributed by atoms with van der Waals surface area (Å²) in [5.41, 5.74) is 8.76. The summed E-state index contributed by atoms with van der Waals surface area (Å²) < 4.78 is 4.63. The molecule has 11 heteroatoms. The van der Waals surface area contributed by atoms with Gasteiger partial charge in [-0.3, -0.25) is 14.3 Å². The maximum Gasteiger partial charge on any atom is 0.439 e. The van der Waals surface area contributed by atoms with Gasteiger partial charge in [0.15, 0.2) is 5.82 Å². The van der Waals surface area contributed by atoms with E-state index in [9.17, 15) is 9.59 Å². The number of carbonyl (C=O) groups excluding carboxylic acids is 1. The molecule has 1 aliphatic heterocycles. The molecule has 1 unspecified atom stereocenters. The van der Waals surface area contributed by atoms with Crippen molar-refractivity contribution in [1.82, 2.24) is 15.1 Å². The fraction of sp³-hybridized carbons (Fsp3) is 0.350. The number of halogens is 2. The Bertz CT molecular complexity index is 1170. The van der Waals surface area contributed by atoms with Crippen LogP contribution in [-0.2, 0) is 0 Å². The largest absolute Gasteiger partial charge is 0.439 e. The Kier molecular flexibility index (Phi) is 6.08. The third-order valence-corrected chi connectivity index (χ3v) is 6.38. The van der Waals surface area contributed by atoms with E-state index in [1.807, 2.05) is 6.07 Å². The number of nitrogens with one attached hydrogen (secondary N) is 3. The molecule has 0 bridgehead atoms. The van der Waals surface area contributed by atoms with Crippen LogP contribution >= 0.6 is 23.2 Å². The molecular weight excluding hydrogens is 443 g/mol. The van der Waals surface area contributed by atoms with E-state index in [4.69, 9.17) is 28.9 Å². The number of nitrogens with two attached hydrogens (primary N) is 1. The smallest absolute Gasteiger partial charge is 0.370 e. The average molecular weight is 465 g/mol. The second kappa shape index (κ2) is 8.78. The predicted octanol–water partition coefficient (Wildman–Crippen LogP) is 3.40. The maximum absolute atomic E-state index is 12.9. The van der Waals surface area contributed by atoms with Crippen LogP contribution in [0.1, 0.15) is 29.0 Å². The summed E-state index contributed by atoms with van der Waals surface area (Å²) in [7, 11) is 0. The molecule has 3 heterocycles. The number of piperidine rings is 1. The molecule has 4 rings (SSSR count). The normalized spacial score (nSPS) is 16.5. The van der Waals surface area contributed by atoms with Crippen LogP contribution in [0.25, 0.3) is 11.4 Å². The summed E-state index contributed by atoms with van der Waals surface area (Å²) >= 11 is 12.3. The Morgan fingerprint density at radius 3 is 2.81 bits per heavy atom. The molecule has 31 heavy (non-hydrogen) atoms. The molecular formula is C20H22Cl2N6O3. The number of hydrogen-bond acceptors (Lipinski definition) is 6. The van der Waals surface area contributed by atoms with Crippen molar-refractivity contribution in [2.45, 2.75) is 19.8 Å². The van der Waals surface area contributed by atoms with Crippen LogP contribution in [0.5, 0.6) is 0 Å². The molecule has 1 fully saturated rings. The van der Waals surface area contributed by atoms with E-state index in [1.54, 1.807) is 19.1 Å². The van der Waals surface area contributed by atoms with Gasteiger partial charge >= 0.3 is 5.76 Å². The second-order valence-electron chi connectivity index (χ2n) is 7.57. The lowest BCUT2D eigenvalue weighted by Crippen LogP contribution is -2.38. The van der Waals surface area contributed by atoms with Crippen molar-refractivity contribution in [3.05, 3.63) is 50.2 Å². The number of aromatic nitrogens is 3. The van der Waals surface area contributed by atoms with Crippen LogP contribution in [-0.4, -0.2) is 40.7 Å². The molecule has 0 aliphatic carbocycles. The highest BCUT2D eigenvalue weighted by Crippen LogP contribution is 2.35. The van der Waals surface area contributed by atoms with E-state index in [0.717, 1.165) is 31.6 Å². The van der Waals surface area contributed by atoms with Gasteiger partial charge in [-0.1, -0.05) is 28.4 Å². The Morgan fingerprint density at radius 2 is 2.16 bits per heavy atom. The molecule has 5 N–H and O–H groups in total. The fourth-order valence-electron chi connectivity index (χ4n) is 3.79. The van der Waals surface area contributed by atoms with E-state index in [-0.39, 0.29) is 10.7 Å². The lowest BCUT2D eigenvalue weighted by Gasteiger charge is -2.35. The molecule has 1 aromatic carbocycles. The average Bonchev–Trinajstić information content (AvgIpc) is 3.32. The summed E-state index contributed by atoms with van der Waals surface area (Å²) in [5, 5.41) is 7.18. The molecule has 0 spiro atoms. The first-order valence-electron chi connectivity index (χ1n) is 9.87. The number of nitrogens with zero attached hydrogens (tertiary/aromatic N) is 2. The first kappa shape index (κ1) is 21.5. The van der Waals surface area contributed by atoms with Crippen molar-refractivity contribution in [3.8, 4) is 11.4 Å². The Morgan fingerprint density at radius 1 is 1.35 bits per heavy atom. The highest BCUT2D eigenvalue weighted by molar-refractivity contribution is 6.44. The topological polar surface area (TPSA) is 133 Å². The summed E-state index contributed by atoms with van der Waals surface area (Å²) in [6.07, 6.45) is 2.04. The van der Waals surface area contributed by atoms with Gasteiger partial charge in [-0.2, -0.15) is 0 Å². The molecule has 1 saturated heterocycles. The van der Waals surface area contributed by atoms with Crippen LogP contribution in [0.4, 0.5) is 11.4 Å². The number of carbonyl (C=O) groups is 1. The lowest BCUT2D eigenvalue weighted by atomic mass is 9.97. The van der Waals surface area contributed by atoms with Gasteiger partial charge in [0.05, 0.1) is 21.4 Å². The first-order chi connectivity index (χ1) is 14.9. The summed E-state index contributed by atoms with van der Waals surface area (Å²) in [6, 6.07) is 5.36. The lowest BCUT2D eigenvalue weighted by molar-refractivity contribution is 0.102. The van der Waals surface area contributed by atoms with Crippen molar-refractivity contribution < 1.29 is 9.32 Å². The number of aromatic amines is 2. The number of hydrogen-bond donors (Lipinski definition) is 4. The summed E-state index contributed by atoms with van der Waals surface area (Å²) in [5.74, 6) is -0.376. The number of rotatable bonds is 5. The number of anilines is 2.